The molecule has 0 aromatic heterocycles. The molecule has 1 aliphatic heterocycles. The Bertz CT molecular complexity index is 1120. The first-order valence-corrected chi connectivity index (χ1v) is 14.9. The van der Waals surface area contributed by atoms with Crippen LogP contribution in [-0.2, 0) is 22.7 Å². The third-order valence-electron chi connectivity index (χ3n) is 11.4. The molecule has 2 amide bonds. The highest BCUT2D eigenvalue weighted by atomic mass is 16.2. The summed E-state index contributed by atoms with van der Waals surface area (Å²) in [6.07, 6.45) is 9.73. The minimum Gasteiger partial charge on any atom is -0.342 e. The zero-order valence-electron chi connectivity index (χ0n) is 23.4. The highest BCUT2D eigenvalue weighted by Crippen LogP contribution is 2.65. The van der Waals surface area contributed by atoms with E-state index >= 15 is 0 Å². The van der Waals surface area contributed by atoms with Crippen LogP contribution >= 0.6 is 0 Å². The molecule has 2 aromatic rings. The Morgan fingerprint density at radius 1 is 0.868 bits per heavy atom. The van der Waals surface area contributed by atoms with Crippen molar-refractivity contribution in [3.63, 3.8) is 0 Å². The molecule has 4 aliphatic rings. The molecule has 0 spiro atoms. The van der Waals surface area contributed by atoms with E-state index in [0.29, 0.717) is 30.8 Å². The Morgan fingerprint density at radius 3 is 2.13 bits per heavy atom. The fourth-order valence-electron chi connectivity index (χ4n) is 9.51. The number of fused-ring (bicyclic) bond motifs is 5. The summed E-state index contributed by atoms with van der Waals surface area (Å²) in [5.74, 6) is 1.62. The van der Waals surface area contributed by atoms with Gasteiger partial charge in [0.25, 0.3) is 0 Å². The van der Waals surface area contributed by atoms with Gasteiger partial charge in [-0.3, -0.25) is 9.59 Å². The van der Waals surface area contributed by atoms with Crippen molar-refractivity contribution in [1.82, 2.24) is 9.80 Å². The van der Waals surface area contributed by atoms with E-state index in [9.17, 15) is 9.59 Å². The van der Waals surface area contributed by atoms with Crippen LogP contribution in [0.5, 0.6) is 0 Å². The lowest BCUT2D eigenvalue weighted by Gasteiger charge is -2.62. The predicted octanol–water partition coefficient (Wildman–Crippen LogP) is 6.70. The van der Waals surface area contributed by atoms with Gasteiger partial charge in [-0.2, -0.15) is 0 Å². The Labute approximate surface area is 228 Å². The SMILES string of the molecule is CN1C(=O)C(C(=O)N(Cc2ccccc2)Cc2ccccc2)C[C@@]2(C)C1CC[C@@H]1[C@H]2CC[C@]2(C)CCC[C@@H]12. The second kappa shape index (κ2) is 9.84. The van der Waals surface area contributed by atoms with Gasteiger partial charge in [0.05, 0.1) is 0 Å². The molecule has 4 heteroatoms. The van der Waals surface area contributed by atoms with Gasteiger partial charge in [-0.25, -0.2) is 0 Å². The molecule has 3 saturated carbocycles. The van der Waals surface area contributed by atoms with Crippen molar-refractivity contribution in [3.8, 4) is 0 Å². The summed E-state index contributed by atoms with van der Waals surface area (Å²) in [5.41, 5.74) is 2.71. The Balaban J connectivity index is 1.30. The lowest BCUT2D eigenvalue weighted by Crippen LogP contribution is -2.64. The van der Waals surface area contributed by atoms with Crippen LogP contribution < -0.4 is 0 Å². The average Bonchev–Trinajstić information content (AvgIpc) is 3.33. The van der Waals surface area contributed by atoms with E-state index < -0.39 is 5.92 Å². The number of likely N-dealkylation sites (tertiary alicyclic amines) is 1. The number of benzene rings is 2. The molecular formula is C34H44N2O2. The van der Waals surface area contributed by atoms with Gasteiger partial charge in [0.15, 0.2) is 0 Å². The second-order valence-electron chi connectivity index (χ2n) is 13.4. The highest BCUT2D eigenvalue weighted by molar-refractivity contribution is 6.01. The van der Waals surface area contributed by atoms with E-state index in [1.165, 1.54) is 38.5 Å². The molecule has 0 radical (unpaired) electrons. The van der Waals surface area contributed by atoms with Crippen molar-refractivity contribution in [2.45, 2.75) is 84.3 Å². The smallest absolute Gasteiger partial charge is 0.235 e. The van der Waals surface area contributed by atoms with Crippen molar-refractivity contribution >= 4 is 11.8 Å². The number of nitrogens with zero attached hydrogens (tertiary/aromatic N) is 2. The molecule has 3 aliphatic carbocycles. The Hall–Kier alpha value is -2.62. The standard InChI is InChI=1S/C34H44N2O2/c1-33-19-10-15-28(33)26-16-17-30-34(2,29(26)18-20-33)21-27(31(37)35(30)3)32(38)36(22-24-11-6-4-7-12-24)23-25-13-8-5-9-14-25/h4-9,11-14,26-30H,10,15-23H2,1-3H3/t26-,27?,28-,29+,30?,33-,34+/m0/s1. The summed E-state index contributed by atoms with van der Waals surface area (Å²) in [4.78, 5) is 32.1. The van der Waals surface area contributed by atoms with E-state index in [0.717, 1.165) is 29.4 Å². The molecule has 38 heavy (non-hydrogen) atoms. The number of carbonyl (C=O) groups is 2. The minimum atomic E-state index is -0.593. The number of rotatable bonds is 5. The molecule has 0 bridgehead atoms. The molecule has 202 valence electrons. The van der Waals surface area contributed by atoms with Gasteiger partial charge in [-0.15, -0.1) is 0 Å². The first kappa shape index (κ1) is 25.6. The lowest BCUT2D eigenvalue weighted by atomic mass is 9.47. The topological polar surface area (TPSA) is 40.6 Å². The first-order valence-electron chi connectivity index (χ1n) is 14.9. The molecule has 2 aromatic carbocycles. The summed E-state index contributed by atoms with van der Waals surface area (Å²) in [6, 6.07) is 20.6. The molecular weight excluding hydrogens is 468 g/mol. The zero-order valence-corrected chi connectivity index (χ0v) is 23.4. The van der Waals surface area contributed by atoms with Crippen molar-refractivity contribution in [3.05, 3.63) is 71.8 Å². The molecule has 6 rings (SSSR count). The summed E-state index contributed by atoms with van der Waals surface area (Å²) in [6.45, 7) is 6.03. The van der Waals surface area contributed by atoms with Crippen LogP contribution in [0.3, 0.4) is 0 Å². The quantitative estimate of drug-likeness (QED) is 0.419. The number of hydrogen-bond acceptors (Lipinski definition) is 2. The van der Waals surface area contributed by atoms with Crippen LogP contribution in [0.2, 0.25) is 0 Å². The monoisotopic (exact) mass is 512 g/mol. The van der Waals surface area contributed by atoms with E-state index in [1.807, 2.05) is 53.2 Å². The van der Waals surface area contributed by atoms with Crippen LogP contribution in [0.25, 0.3) is 0 Å². The third kappa shape index (κ3) is 4.28. The number of piperidine rings is 1. The third-order valence-corrected chi connectivity index (χ3v) is 11.4. The second-order valence-corrected chi connectivity index (χ2v) is 13.4. The molecule has 4 nitrogen and oxygen atoms in total. The van der Waals surface area contributed by atoms with Gasteiger partial charge in [-0.05, 0) is 84.7 Å². The van der Waals surface area contributed by atoms with E-state index in [4.69, 9.17) is 0 Å². The normalized spacial score (nSPS) is 36.2. The van der Waals surface area contributed by atoms with Gasteiger partial charge in [-0.1, -0.05) is 80.9 Å². The van der Waals surface area contributed by atoms with Gasteiger partial charge in [0.1, 0.15) is 5.92 Å². The molecule has 4 fully saturated rings. The highest BCUT2D eigenvalue weighted by Gasteiger charge is 2.61. The Kier molecular flexibility index (Phi) is 6.64. The van der Waals surface area contributed by atoms with Crippen molar-refractivity contribution in [2.24, 2.45) is 34.5 Å². The van der Waals surface area contributed by atoms with Crippen LogP contribution in [0.1, 0.15) is 76.3 Å². The summed E-state index contributed by atoms with van der Waals surface area (Å²) in [5, 5.41) is 0. The van der Waals surface area contributed by atoms with Gasteiger partial charge in [0.2, 0.25) is 11.8 Å². The van der Waals surface area contributed by atoms with Gasteiger partial charge >= 0.3 is 0 Å². The first-order chi connectivity index (χ1) is 18.3. The van der Waals surface area contributed by atoms with Gasteiger partial charge < -0.3 is 9.80 Å². The maximum Gasteiger partial charge on any atom is 0.235 e. The van der Waals surface area contributed by atoms with Crippen molar-refractivity contribution in [1.29, 1.82) is 0 Å². The van der Waals surface area contributed by atoms with E-state index in [2.05, 4.69) is 38.1 Å². The predicted molar refractivity (Wildman–Crippen MR) is 151 cm³/mol. The number of carbonyl (C=O) groups excluding carboxylic acids is 2. The zero-order chi connectivity index (χ0) is 26.5. The van der Waals surface area contributed by atoms with Crippen molar-refractivity contribution < 1.29 is 9.59 Å². The van der Waals surface area contributed by atoms with Gasteiger partial charge in [0, 0.05) is 26.2 Å². The lowest BCUT2D eigenvalue weighted by molar-refractivity contribution is -0.172. The minimum absolute atomic E-state index is 0.000979. The van der Waals surface area contributed by atoms with E-state index in [1.54, 1.807) is 0 Å². The molecule has 7 atom stereocenters. The largest absolute Gasteiger partial charge is 0.342 e. The fourth-order valence-corrected chi connectivity index (χ4v) is 9.51. The maximum absolute atomic E-state index is 14.4. The number of amides is 2. The van der Waals surface area contributed by atoms with E-state index in [-0.39, 0.29) is 23.3 Å². The van der Waals surface area contributed by atoms with Crippen molar-refractivity contribution in [2.75, 3.05) is 7.05 Å². The fraction of sp³-hybridized carbons (Fsp3) is 0.588. The van der Waals surface area contributed by atoms with Crippen LogP contribution in [0.4, 0.5) is 0 Å². The van der Waals surface area contributed by atoms with Crippen LogP contribution in [0, 0.1) is 34.5 Å². The average molecular weight is 513 g/mol. The molecule has 1 saturated heterocycles. The maximum atomic E-state index is 14.4. The summed E-state index contributed by atoms with van der Waals surface area (Å²) < 4.78 is 0. The molecule has 2 unspecified atom stereocenters. The molecule has 0 N–H and O–H groups in total. The number of hydrogen-bond donors (Lipinski definition) is 0. The van der Waals surface area contributed by atoms with Crippen LogP contribution in [-0.4, -0.2) is 34.7 Å². The molecule has 1 heterocycles. The van der Waals surface area contributed by atoms with Crippen LogP contribution in [0.15, 0.2) is 60.7 Å². The summed E-state index contributed by atoms with van der Waals surface area (Å²) >= 11 is 0. The Morgan fingerprint density at radius 2 is 1.50 bits per heavy atom. The summed E-state index contributed by atoms with van der Waals surface area (Å²) in [7, 11) is 1.98.